The van der Waals surface area contributed by atoms with E-state index < -0.39 is 6.29 Å². The van der Waals surface area contributed by atoms with Crippen LogP contribution in [0.3, 0.4) is 0 Å². The van der Waals surface area contributed by atoms with Crippen molar-refractivity contribution < 1.29 is 14.3 Å². The summed E-state index contributed by atoms with van der Waals surface area (Å²) in [7, 11) is 0. The Morgan fingerprint density at radius 3 is 2.43 bits per heavy atom. The van der Waals surface area contributed by atoms with Crippen LogP contribution in [0.1, 0.15) is 42.7 Å². The quantitative estimate of drug-likeness (QED) is 0.780. The third-order valence-corrected chi connectivity index (χ3v) is 3.66. The van der Waals surface area contributed by atoms with E-state index in [2.05, 4.69) is 0 Å². The maximum absolute atomic E-state index is 12.6. The Morgan fingerprint density at radius 1 is 1.24 bits per heavy atom. The molecule has 1 aliphatic heterocycles. The second kappa shape index (κ2) is 7.02. The van der Waals surface area contributed by atoms with Gasteiger partial charge in [0.2, 0.25) is 0 Å². The molecule has 5 nitrogen and oxygen atoms in total. The van der Waals surface area contributed by atoms with Crippen LogP contribution in [-0.4, -0.2) is 42.9 Å². The molecule has 5 heteroatoms. The lowest BCUT2D eigenvalue weighted by Gasteiger charge is -2.31. The number of ether oxygens (including phenoxy) is 2. The summed E-state index contributed by atoms with van der Waals surface area (Å²) in [6, 6.07) is 7.36. The molecule has 0 bridgehead atoms. The fraction of sp³-hybridized carbons (Fsp3) is 0.562. The van der Waals surface area contributed by atoms with E-state index in [-0.39, 0.29) is 18.0 Å². The Hall–Kier alpha value is -1.43. The molecule has 2 atom stereocenters. The lowest BCUT2D eigenvalue weighted by atomic mass is 10.00. The highest BCUT2D eigenvalue weighted by atomic mass is 16.7. The number of benzene rings is 1. The number of hydrogen-bond donors (Lipinski definition) is 1. The first-order valence-corrected chi connectivity index (χ1v) is 7.48. The van der Waals surface area contributed by atoms with Crippen molar-refractivity contribution in [2.75, 3.05) is 19.8 Å². The monoisotopic (exact) mass is 292 g/mol. The maximum atomic E-state index is 12.6. The molecule has 1 amide bonds. The normalized spacial score (nSPS) is 19.2. The van der Waals surface area contributed by atoms with Gasteiger partial charge in [0.25, 0.3) is 5.91 Å². The fourth-order valence-electron chi connectivity index (χ4n) is 2.85. The van der Waals surface area contributed by atoms with E-state index in [9.17, 15) is 4.79 Å². The van der Waals surface area contributed by atoms with Gasteiger partial charge in [-0.3, -0.25) is 4.79 Å². The number of rotatable bonds is 7. The van der Waals surface area contributed by atoms with Crippen LogP contribution in [0.25, 0.3) is 0 Å². The number of carbonyl (C=O) groups is 1. The second-order valence-corrected chi connectivity index (χ2v) is 5.19. The molecule has 2 rings (SSSR count). The fourth-order valence-corrected chi connectivity index (χ4v) is 2.85. The predicted molar refractivity (Wildman–Crippen MR) is 80.9 cm³/mol. The van der Waals surface area contributed by atoms with E-state index in [1.54, 1.807) is 4.90 Å². The Balaban J connectivity index is 2.24. The molecule has 116 valence electrons. The molecule has 1 aromatic carbocycles. The number of fused-ring (bicyclic) bond motifs is 1. The topological polar surface area (TPSA) is 64.8 Å². The molecule has 0 saturated carbocycles. The zero-order valence-electron chi connectivity index (χ0n) is 12.9. The van der Waals surface area contributed by atoms with Gasteiger partial charge in [0.1, 0.15) is 0 Å². The van der Waals surface area contributed by atoms with Crippen molar-refractivity contribution in [3.63, 3.8) is 0 Å². The van der Waals surface area contributed by atoms with E-state index >= 15 is 0 Å². The highest BCUT2D eigenvalue weighted by molar-refractivity contribution is 5.99. The van der Waals surface area contributed by atoms with Gasteiger partial charge in [0, 0.05) is 24.8 Å². The number of carbonyl (C=O) groups excluding carboxylic acids is 1. The van der Waals surface area contributed by atoms with Crippen LogP contribution in [0.4, 0.5) is 0 Å². The number of amides is 1. The molecule has 0 spiro atoms. The second-order valence-electron chi connectivity index (χ2n) is 5.19. The Morgan fingerprint density at radius 2 is 1.86 bits per heavy atom. The number of nitrogens with zero attached hydrogens (tertiary/aromatic N) is 1. The predicted octanol–water partition coefficient (Wildman–Crippen LogP) is 1.93. The van der Waals surface area contributed by atoms with Gasteiger partial charge in [-0.1, -0.05) is 18.2 Å². The summed E-state index contributed by atoms with van der Waals surface area (Å²) in [5, 5.41) is 0. The molecule has 0 radical (unpaired) electrons. The largest absolute Gasteiger partial charge is 0.351 e. The van der Waals surface area contributed by atoms with Gasteiger partial charge in [-0.15, -0.1) is 0 Å². The van der Waals surface area contributed by atoms with Gasteiger partial charge in [0.15, 0.2) is 6.29 Å². The summed E-state index contributed by atoms with van der Waals surface area (Å²) in [6.45, 7) is 7.22. The van der Waals surface area contributed by atoms with Crippen molar-refractivity contribution in [2.45, 2.75) is 39.1 Å². The van der Waals surface area contributed by atoms with Crippen LogP contribution < -0.4 is 5.73 Å². The van der Waals surface area contributed by atoms with E-state index in [4.69, 9.17) is 15.2 Å². The molecule has 2 unspecified atom stereocenters. The first-order valence-electron chi connectivity index (χ1n) is 7.48. The zero-order valence-corrected chi connectivity index (χ0v) is 12.9. The molecule has 21 heavy (non-hydrogen) atoms. The number of hydrogen-bond acceptors (Lipinski definition) is 4. The molecule has 0 aromatic heterocycles. The summed E-state index contributed by atoms with van der Waals surface area (Å²) >= 11 is 0. The number of nitrogens with two attached hydrogens (primary N) is 1. The molecular formula is C16H24N2O3. The van der Waals surface area contributed by atoms with Crippen molar-refractivity contribution in [3.05, 3.63) is 35.4 Å². The van der Waals surface area contributed by atoms with Crippen molar-refractivity contribution in [3.8, 4) is 0 Å². The lowest BCUT2D eigenvalue weighted by molar-refractivity contribution is -0.146. The third-order valence-electron chi connectivity index (χ3n) is 3.66. The van der Waals surface area contributed by atoms with E-state index in [0.29, 0.717) is 19.8 Å². The molecule has 0 aliphatic carbocycles. The average Bonchev–Trinajstić information content (AvgIpc) is 2.73. The molecule has 0 saturated heterocycles. The summed E-state index contributed by atoms with van der Waals surface area (Å²) in [5.41, 5.74) is 7.83. The molecule has 2 N–H and O–H groups in total. The van der Waals surface area contributed by atoms with Crippen LogP contribution >= 0.6 is 0 Å². The molecule has 1 aliphatic rings. The Kier molecular flexibility index (Phi) is 5.33. The SMILES string of the molecule is CCOC(CN1C(=O)c2ccccc2C1C(C)N)OCC. The van der Waals surface area contributed by atoms with Crippen LogP contribution in [0.2, 0.25) is 0 Å². The molecule has 1 heterocycles. The van der Waals surface area contributed by atoms with E-state index in [1.807, 2.05) is 45.0 Å². The Labute approximate surface area is 126 Å². The summed E-state index contributed by atoms with van der Waals surface area (Å²) < 4.78 is 11.1. The highest BCUT2D eigenvalue weighted by Crippen LogP contribution is 2.35. The van der Waals surface area contributed by atoms with Crippen molar-refractivity contribution >= 4 is 5.91 Å². The Bertz CT molecular complexity index is 484. The maximum Gasteiger partial charge on any atom is 0.254 e. The first kappa shape index (κ1) is 15.9. The van der Waals surface area contributed by atoms with Crippen LogP contribution in [-0.2, 0) is 9.47 Å². The molecule has 0 fully saturated rings. The van der Waals surface area contributed by atoms with Crippen LogP contribution in [0.5, 0.6) is 0 Å². The minimum Gasteiger partial charge on any atom is -0.351 e. The van der Waals surface area contributed by atoms with Crippen molar-refractivity contribution in [2.24, 2.45) is 5.73 Å². The minimum atomic E-state index is -0.417. The summed E-state index contributed by atoms with van der Waals surface area (Å²) in [5.74, 6) is -0.00249. The third kappa shape index (κ3) is 3.26. The lowest BCUT2D eigenvalue weighted by Crippen LogP contribution is -2.43. The van der Waals surface area contributed by atoms with Gasteiger partial charge in [0.05, 0.1) is 12.6 Å². The van der Waals surface area contributed by atoms with E-state index in [0.717, 1.165) is 11.1 Å². The zero-order chi connectivity index (χ0) is 15.4. The van der Waals surface area contributed by atoms with Crippen LogP contribution in [0.15, 0.2) is 24.3 Å². The highest BCUT2D eigenvalue weighted by Gasteiger charge is 2.39. The van der Waals surface area contributed by atoms with E-state index in [1.165, 1.54) is 0 Å². The van der Waals surface area contributed by atoms with Gasteiger partial charge in [-0.05, 0) is 32.4 Å². The van der Waals surface area contributed by atoms with Gasteiger partial charge < -0.3 is 20.1 Å². The first-order chi connectivity index (χ1) is 10.1. The summed E-state index contributed by atoms with van der Waals surface area (Å²) in [4.78, 5) is 14.4. The van der Waals surface area contributed by atoms with Gasteiger partial charge >= 0.3 is 0 Å². The van der Waals surface area contributed by atoms with Crippen molar-refractivity contribution in [1.29, 1.82) is 0 Å². The van der Waals surface area contributed by atoms with Gasteiger partial charge in [-0.25, -0.2) is 0 Å². The smallest absolute Gasteiger partial charge is 0.254 e. The van der Waals surface area contributed by atoms with Crippen LogP contribution in [0, 0.1) is 0 Å². The van der Waals surface area contributed by atoms with Crippen molar-refractivity contribution in [1.82, 2.24) is 4.90 Å². The molecule has 1 aromatic rings. The standard InChI is InChI=1S/C16H24N2O3/c1-4-20-14(21-5-2)10-18-15(11(3)17)12-8-6-7-9-13(12)16(18)19/h6-9,11,14-15H,4-5,10,17H2,1-3H3. The van der Waals surface area contributed by atoms with Gasteiger partial charge in [-0.2, -0.15) is 0 Å². The minimum absolute atomic E-state index is 0.00249. The molecular weight excluding hydrogens is 268 g/mol. The summed E-state index contributed by atoms with van der Waals surface area (Å²) in [6.07, 6.45) is -0.417. The average molecular weight is 292 g/mol.